The minimum absolute atomic E-state index is 0.114. The van der Waals surface area contributed by atoms with Crippen molar-refractivity contribution in [2.24, 2.45) is 11.1 Å². The van der Waals surface area contributed by atoms with Crippen LogP contribution in [0.3, 0.4) is 0 Å². The number of halogens is 1. The molecule has 3 heteroatoms. The van der Waals surface area contributed by atoms with Gasteiger partial charge in [0.1, 0.15) is 0 Å². The molecule has 0 radical (unpaired) electrons. The molecule has 1 aromatic carbocycles. The minimum atomic E-state index is -0.241. The molecule has 0 saturated heterocycles. The molecule has 0 spiro atoms. The quantitative estimate of drug-likeness (QED) is 0.872. The normalized spacial score (nSPS) is 22.4. The summed E-state index contributed by atoms with van der Waals surface area (Å²) in [5, 5.41) is 0.737. The van der Waals surface area contributed by atoms with Gasteiger partial charge in [0.05, 0.1) is 11.6 Å². The van der Waals surface area contributed by atoms with Crippen molar-refractivity contribution < 1.29 is 4.74 Å². The van der Waals surface area contributed by atoms with Crippen LogP contribution in [0.5, 0.6) is 0 Å². The van der Waals surface area contributed by atoms with E-state index in [9.17, 15) is 0 Å². The van der Waals surface area contributed by atoms with E-state index >= 15 is 0 Å². The molecule has 1 unspecified atom stereocenters. The second kappa shape index (κ2) is 6.05. The summed E-state index contributed by atoms with van der Waals surface area (Å²) in [5.74, 6) is 0. The zero-order valence-corrected chi connectivity index (χ0v) is 13.5. The molecule has 112 valence electrons. The third-order valence-electron chi connectivity index (χ3n) is 4.66. The van der Waals surface area contributed by atoms with Crippen molar-refractivity contribution in [2.45, 2.75) is 58.1 Å². The van der Waals surface area contributed by atoms with Crippen LogP contribution in [0.25, 0.3) is 0 Å². The van der Waals surface area contributed by atoms with E-state index in [1.165, 1.54) is 0 Å². The molecule has 2 nitrogen and oxygen atoms in total. The van der Waals surface area contributed by atoms with Gasteiger partial charge in [-0.15, -0.1) is 0 Å². The van der Waals surface area contributed by atoms with E-state index in [0.29, 0.717) is 12.0 Å². The molecule has 1 saturated carbocycles. The van der Waals surface area contributed by atoms with Gasteiger partial charge in [-0.3, -0.25) is 0 Å². The molecular weight excluding hydrogens is 270 g/mol. The number of ether oxygens (including phenoxy) is 1. The zero-order chi connectivity index (χ0) is 14.8. The molecule has 0 amide bonds. The Kier molecular flexibility index (Phi) is 4.78. The lowest BCUT2D eigenvalue weighted by Gasteiger charge is -2.46. The Balaban J connectivity index is 2.24. The van der Waals surface area contributed by atoms with Crippen LogP contribution in [-0.4, -0.2) is 12.2 Å². The zero-order valence-electron chi connectivity index (χ0n) is 12.8. The van der Waals surface area contributed by atoms with Crippen LogP contribution < -0.4 is 5.73 Å². The van der Waals surface area contributed by atoms with E-state index in [0.717, 1.165) is 36.3 Å². The van der Waals surface area contributed by atoms with Crippen molar-refractivity contribution in [2.75, 3.05) is 6.61 Å². The summed E-state index contributed by atoms with van der Waals surface area (Å²) in [6.07, 6.45) is 4.34. The highest BCUT2D eigenvalue weighted by molar-refractivity contribution is 6.30. The Morgan fingerprint density at radius 3 is 2.45 bits per heavy atom. The average molecular weight is 296 g/mol. The molecule has 1 atom stereocenters. The van der Waals surface area contributed by atoms with Crippen LogP contribution in [-0.2, 0) is 4.74 Å². The van der Waals surface area contributed by atoms with E-state index in [2.05, 4.69) is 19.9 Å². The Morgan fingerprint density at radius 1 is 1.25 bits per heavy atom. The van der Waals surface area contributed by atoms with Crippen LogP contribution in [0.4, 0.5) is 0 Å². The first kappa shape index (κ1) is 15.8. The van der Waals surface area contributed by atoms with Crippen LogP contribution in [0.2, 0.25) is 5.02 Å². The summed E-state index contributed by atoms with van der Waals surface area (Å²) in [6.45, 7) is 7.41. The lowest BCUT2D eigenvalue weighted by molar-refractivity contribution is -0.100. The summed E-state index contributed by atoms with van der Waals surface area (Å²) < 4.78 is 6.15. The fourth-order valence-corrected chi connectivity index (χ4v) is 3.39. The Labute approximate surface area is 127 Å². The number of hydrogen-bond acceptors (Lipinski definition) is 2. The van der Waals surface area contributed by atoms with Crippen LogP contribution in [0, 0.1) is 5.41 Å². The number of hydrogen-bond donors (Lipinski definition) is 1. The van der Waals surface area contributed by atoms with E-state index in [1.807, 2.05) is 25.1 Å². The summed E-state index contributed by atoms with van der Waals surface area (Å²) in [4.78, 5) is 0. The van der Waals surface area contributed by atoms with Gasteiger partial charge in [0.15, 0.2) is 0 Å². The molecule has 20 heavy (non-hydrogen) atoms. The second-order valence-electron chi connectivity index (χ2n) is 6.69. The van der Waals surface area contributed by atoms with Crippen molar-refractivity contribution in [1.82, 2.24) is 0 Å². The van der Waals surface area contributed by atoms with Crippen LogP contribution in [0.15, 0.2) is 24.3 Å². The first-order chi connectivity index (χ1) is 9.38. The first-order valence-corrected chi connectivity index (χ1v) is 7.91. The lowest BCUT2D eigenvalue weighted by atomic mass is 9.67. The maximum absolute atomic E-state index is 6.56. The molecule has 1 aliphatic rings. The lowest BCUT2D eigenvalue weighted by Crippen LogP contribution is -2.48. The van der Waals surface area contributed by atoms with Gasteiger partial charge in [0, 0.05) is 11.6 Å². The topological polar surface area (TPSA) is 35.2 Å². The third-order valence-corrected chi connectivity index (χ3v) is 4.89. The molecule has 0 bridgehead atoms. The smallest absolute Gasteiger partial charge is 0.0874 e. The highest BCUT2D eigenvalue weighted by Crippen LogP contribution is 2.47. The second-order valence-corrected chi connectivity index (χ2v) is 7.13. The number of nitrogens with two attached hydrogens (primary N) is 1. The van der Waals surface area contributed by atoms with Gasteiger partial charge >= 0.3 is 0 Å². The molecule has 2 N–H and O–H groups in total. The van der Waals surface area contributed by atoms with Crippen molar-refractivity contribution in [1.29, 1.82) is 0 Å². The monoisotopic (exact) mass is 295 g/mol. The van der Waals surface area contributed by atoms with Crippen molar-refractivity contribution in [3.8, 4) is 0 Å². The maximum atomic E-state index is 6.56. The van der Waals surface area contributed by atoms with Gasteiger partial charge in [-0.25, -0.2) is 0 Å². The van der Waals surface area contributed by atoms with Gasteiger partial charge in [0.25, 0.3) is 0 Å². The predicted octanol–water partition coefficient (Wildman–Crippen LogP) is 4.72. The standard InChI is InChI=1S/C17H26ClNO/c1-4-20-17(10-8-16(2,3)9-11-17)15(19)13-6-5-7-14(18)12-13/h5-7,12,15H,4,8-11,19H2,1-3H3. The summed E-state index contributed by atoms with van der Waals surface area (Å²) in [6, 6.07) is 7.75. The average Bonchev–Trinajstić information content (AvgIpc) is 2.41. The van der Waals surface area contributed by atoms with E-state index in [-0.39, 0.29) is 11.6 Å². The van der Waals surface area contributed by atoms with Gasteiger partial charge in [0.2, 0.25) is 0 Å². The van der Waals surface area contributed by atoms with E-state index in [4.69, 9.17) is 22.1 Å². The molecular formula is C17H26ClNO. The van der Waals surface area contributed by atoms with E-state index < -0.39 is 0 Å². The highest BCUT2D eigenvalue weighted by atomic mass is 35.5. The molecule has 1 fully saturated rings. The largest absolute Gasteiger partial charge is 0.373 e. The summed E-state index contributed by atoms with van der Waals surface area (Å²) >= 11 is 6.10. The fourth-order valence-electron chi connectivity index (χ4n) is 3.19. The van der Waals surface area contributed by atoms with Crippen LogP contribution >= 0.6 is 11.6 Å². The van der Waals surface area contributed by atoms with Crippen molar-refractivity contribution >= 4 is 11.6 Å². The molecule has 0 heterocycles. The van der Waals surface area contributed by atoms with Gasteiger partial charge in [-0.2, -0.15) is 0 Å². The number of benzene rings is 1. The fraction of sp³-hybridized carbons (Fsp3) is 0.647. The van der Waals surface area contributed by atoms with E-state index in [1.54, 1.807) is 0 Å². The molecule has 1 aliphatic carbocycles. The molecule has 0 aromatic heterocycles. The highest BCUT2D eigenvalue weighted by Gasteiger charge is 2.43. The Hall–Kier alpha value is -0.570. The number of rotatable bonds is 4. The third kappa shape index (κ3) is 3.36. The summed E-state index contributed by atoms with van der Waals surface area (Å²) in [5.41, 5.74) is 7.80. The van der Waals surface area contributed by atoms with Gasteiger partial charge in [-0.05, 0) is 55.7 Å². The Bertz CT molecular complexity index is 448. The molecule has 2 rings (SSSR count). The summed E-state index contributed by atoms with van der Waals surface area (Å²) in [7, 11) is 0. The van der Waals surface area contributed by atoms with Gasteiger partial charge < -0.3 is 10.5 Å². The van der Waals surface area contributed by atoms with Gasteiger partial charge in [-0.1, -0.05) is 37.6 Å². The molecule has 0 aliphatic heterocycles. The first-order valence-electron chi connectivity index (χ1n) is 7.54. The predicted molar refractivity (Wildman–Crippen MR) is 85.0 cm³/mol. The Morgan fingerprint density at radius 2 is 1.90 bits per heavy atom. The van der Waals surface area contributed by atoms with Crippen molar-refractivity contribution in [3.63, 3.8) is 0 Å². The maximum Gasteiger partial charge on any atom is 0.0874 e. The molecule has 1 aromatic rings. The van der Waals surface area contributed by atoms with Crippen LogP contribution in [0.1, 0.15) is 58.1 Å². The SMILES string of the molecule is CCOC1(C(N)c2cccc(Cl)c2)CCC(C)(C)CC1. The van der Waals surface area contributed by atoms with Crippen molar-refractivity contribution in [3.05, 3.63) is 34.9 Å². The minimum Gasteiger partial charge on any atom is -0.373 e.